The molecule has 0 radical (unpaired) electrons. The summed E-state index contributed by atoms with van der Waals surface area (Å²) in [6.45, 7) is 8.12. The number of carboxylic acid groups (broad SMARTS) is 1. The van der Waals surface area contributed by atoms with Crippen LogP contribution in [-0.4, -0.2) is 31.9 Å². The van der Waals surface area contributed by atoms with E-state index in [1.807, 2.05) is 18.2 Å². The van der Waals surface area contributed by atoms with Crippen LogP contribution in [0.4, 0.5) is 0 Å². The van der Waals surface area contributed by atoms with Crippen LogP contribution in [0.15, 0.2) is 48.5 Å². The average molecular weight is 539 g/mol. The molecule has 5 rings (SSSR count). The van der Waals surface area contributed by atoms with Gasteiger partial charge in [-0.25, -0.2) is 0 Å². The maximum absolute atomic E-state index is 11.3. The van der Waals surface area contributed by atoms with Crippen molar-refractivity contribution in [2.75, 3.05) is 20.3 Å². The molecule has 2 aliphatic rings. The number of carbonyl (C=O) groups is 1. The van der Waals surface area contributed by atoms with Crippen LogP contribution in [0.3, 0.4) is 0 Å². The van der Waals surface area contributed by atoms with E-state index in [1.165, 1.54) is 27.8 Å². The molecular formula is C32H35NaO6. The van der Waals surface area contributed by atoms with Gasteiger partial charge in [-0.3, -0.25) is 0 Å². The molecule has 1 aliphatic carbocycles. The normalized spacial score (nSPS) is 16.3. The van der Waals surface area contributed by atoms with Crippen molar-refractivity contribution in [3.05, 3.63) is 76.3 Å². The van der Waals surface area contributed by atoms with Gasteiger partial charge in [-0.1, -0.05) is 24.3 Å². The number of benzene rings is 3. The maximum atomic E-state index is 11.3. The van der Waals surface area contributed by atoms with Crippen molar-refractivity contribution in [1.29, 1.82) is 0 Å². The summed E-state index contributed by atoms with van der Waals surface area (Å²) in [7, 11) is 1.70. The SMILES string of the molecule is COCCCOc1cc(C)c(-c2cccc(COc3ccc4c(c3)OC3(CC3)C4CC(=O)[O-])c2C)c(C)c1.[Na+]. The first kappa shape index (κ1) is 29.5. The van der Waals surface area contributed by atoms with Gasteiger partial charge >= 0.3 is 29.6 Å². The van der Waals surface area contributed by atoms with Gasteiger partial charge in [0.15, 0.2) is 0 Å². The fourth-order valence-corrected chi connectivity index (χ4v) is 5.69. The summed E-state index contributed by atoms with van der Waals surface area (Å²) in [6.07, 6.45) is 2.59. The third kappa shape index (κ3) is 6.30. The van der Waals surface area contributed by atoms with Gasteiger partial charge in [-0.2, -0.15) is 0 Å². The molecule has 1 heterocycles. The van der Waals surface area contributed by atoms with E-state index in [0.717, 1.165) is 41.9 Å². The number of carbonyl (C=O) groups excluding carboxylic acids is 1. The molecule has 7 heteroatoms. The smallest absolute Gasteiger partial charge is 0.550 e. The predicted octanol–water partition coefficient (Wildman–Crippen LogP) is 2.43. The minimum Gasteiger partial charge on any atom is -0.550 e. The van der Waals surface area contributed by atoms with E-state index >= 15 is 0 Å². The Labute approximate surface area is 252 Å². The average Bonchev–Trinajstić information content (AvgIpc) is 3.59. The number of hydrogen-bond acceptors (Lipinski definition) is 6. The first-order valence-corrected chi connectivity index (χ1v) is 13.3. The number of aryl methyl sites for hydroxylation is 2. The van der Waals surface area contributed by atoms with Gasteiger partial charge in [0.25, 0.3) is 0 Å². The maximum Gasteiger partial charge on any atom is 1.00 e. The molecule has 1 unspecified atom stereocenters. The summed E-state index contributed by atoms with van der Waals surface area (Å²) in [5.41, 5.74) is 7.60. The third-order valence-corrected chi connectivity index (χ3v) is 7.80. The van der Waals surface area contributed by atoms with E-state index in [-0.39, 0.29) is 47.5 Å². The van der Waals surface area contributed by atoms with Gasteiger partial charge in [0.05, 0.1) is 6.61 Å². The van der Waals surface area contributed by atoms with Crippen molar-refractivity contribution in [3.8, 4) is 28.4 Å². The molecule has 0 aromatic heterocycles. The molecule has 0 N–H and O–H groups in total. The Bertz CT molecular complexity index is 1320. The zero-order chi connectivity index (χ0) is 26.9. The van der Waals surface area contributed by atoms with Gasteiger partial charge in [0.2, 0.25) is 0 Å². The van der Waals surface area contributed by atoms with E-state index in [9.17, 15) is 9.90 Å². The summed E-state index contributed by atoms with van der Waals surface area (Å²) in [4.78, 5) is 11.3. The number of rotatable bonds is 11. The summed E-state index contributed by atoms with van der Waals surface area (Å²) < 4.78 is 23.4. The Morgan fingerprint density at radius 1 is 1.00 bits per heavy atom. The summed E-state index contributed by atoms with van der Waals surface area (Å²) in [6, 6.07) is 16.3. The van der Waals surface area contributed by atoms with Crippen LogP contribution >= 0.6 is 0 Å². The second kappa shape index (κ2) is 12.3. The molecule has 0 amide bonds. The molecule has 1 saturated carbocycles. The third-order valence-electron chi connectivity index (χ3n) is 7.80. The Hall–Kier alpha value is -2.51. The number of fused-ring (bicyclic) bond motifs is 1. The van der Waals surface area contributed by atoms with Crippen molar-refractivity contribution < 1.29 is 58.4 Å². The van der Waals surface area contributed by atoms with Gasteiger partial charge in [-0.05, 0) is 91.6 Å². The molecule has 0 saturated heterocycles. The van der Waals surface area contributed by atoms with E-state index in [0.29, 0.717) is 25.6 Å². The van der Waals surface area contributed by atoms with Gasteiger partial charge in [0.1, 0.15) is 29.5 Å². The Kier molecular flexibility index (Phi) is 9.33. The summed E-state index contributed by atoms with van der Waals surface area (Å²) >= 11 is 0. The molecule has 1 spiro atoms. The van der Waals surface area contributed by atoms with Crippen molar-refractivity contribution in [1.82, 2.24) is 0 Å². The van der Waals surface area contributed by atoms with E-state index in [4.69, 9.17) is 18.9 Å². The quantitative estimate of drug-likeness (QED) is 0.276. The zero-order valence-electron chi connectivity index (χ0n) is 23.6. The molecule has 1 fully saturated rings. The molecule has 3 aromatic carbocycles. The number of methoxy groups -OCH3 is 1. The molecule has 6 nitrogen and oxygen atoms in total. The van der Waals surface area contributed by atoms with Crippen LogP contribution in [0.1, 0.15) is 59.4 Å². The topological polar surface area (TPSA) is 77.0 Å². The first-order chi connectivity index (χ1) is 18.3. The van der Waals surface area contributed by atoms with Crippen LogP contribution in [0.5, 0.6) is 17.2 Å². The second-order valence-corrected chi connectivity index (χ2v) is 10.5. The summed E-state index contributed by atoms with van der Waals surface area (Å²) in [5, 5.41) is 11.3. The Balaban J connectivity index is 0.00000353. The van der Waals surface area contributed by atoms with Crippen LogP contribution < -0.4 is 48.9 Å². The number of hydrogen-bond donors (Lipinski definition) is 0. The molecular weight excluding hydrogens is 503 g/mol. The van der Waals surface area contributed by atoms with E-state index in [1.54, 1.807) is 7.11 Å². The molecule has 1 atom stereocenters. The number of carboxylic acids is 1. The van der Waals surface area contributed by atoms with Crippen molar-refractivity contribution in [2.45, 2.75) is 64.6 Å². The molecule has 3 aromatic rings. The summed E-state index contributed by atoms with van der Waals surface area (Å²) in [5.74, 6) is 1.13. The van der Waals surface area contributed by atoms with Crippen LogP contribution in [0, 0.1) is 20.8 Å². The number of ether oxygens (including phenoxy) is 4. The van der Waals surface area contributed by atoms with E-state index < -0.39 is 5.97 Å². The van der Waals surface area contributed by atoms with Gasteiger partial charge in [-0.15, -0.1) is 0 Å². The minimum absolute atomic E-state index is 0. The molecule has 1 aliphatic heterocycles. The fraction of sp³-hybridized carbons (Fsp3) is 0.406. The Morgan fingerprint density at radius 2 is 1.74 bits per heavy atom. The van der Waals surface area contributed by atoms with Crippen molar-refractivity contribution in [3.63, 3.8) is 0 Å². The largest absolute Gasteiger partial charge is 1.00 e. The molecule has 0 bridgehead atoms. The van der Waals surface area contributed by atoms with Gasteiger partial charge in [0, 0.05) is 43.7 Å². The van der Waals surface area contributed by atoms with E-state index in [2.05, 4.69) is 51.1 Å². The fourth-order valence-electron chi connectivity index (χ4n) is 5.69. The zero-order valence-corrected chi connectivity index (χ0v) is 25.6. The molecule has 39 heavy (non-hydrogen) atoms. The van der Waals surface area contributed by atoms with Crippen LogP contribution in [-0.2, 0) is 16.1 Å². The number of aliphatic carboxylic acids is 1. The van der Waals surface area contributed by atoms with Crippen molar-refractivity contribution >= 4 is 5.97 Å². The predicted molar refractivity (Wildman–Crippen MR) is 144 cm³/mol. The standard InChI is InChI=1S/C32H36O6.Na/c1-20-15-25(36-14-6-13-35-4)16-21(2)31(20)26-8-5-7-23(22(26)3)19-37-24-9-10-27-28(18-30(33)34)32(11-12-32)38-29(27)17-24;/h5,7-10,15-17,28H,6,11-14,18-19H2,1-4H3,(H,33,34);/q;+1/p-1. The van der Waals surface area contributed by atoms with Gasteiger partial charge < -0.3 is 28.8 Å². The van der Waals surface area contributed by atoms with Crippen LogP contribution in [0.2, 0.25) is 0 Å². The second-order valence-electron chi connectivity index (χ2n) is 10.5. The Morgan fingerprint density at radius 3 is 2.41 bits per heavy atom. The van der Waals surface area contributed by atoms with Crippen LogP contribution in [0.25, 0.3) is 11.1 Å². The minimum atomic E-state index is -1.04. The molecule has 200 valence electrons. The monoisotopic (exact) mass is 538 g/mol. The first-order valence-electron chi connectivity index (χ1n) is 13.3. The van der Waals surface area contributed by atoms with Crippen molar-refractivity contribution in [2.24, 2.45) is 0 Å².